The minimum atomic E-state index is -0.357. The lowest BCUT2D eigenvalue weighted by Crippen LogP contribution is -2.32. The summed E-state index contributed by atoms with van der Waals surface area (Å²) < 4.78 is 18.3. The summed E-state index contributed by atoms with van der Waals surface area (Å²) in [5.41, 5.74) is 5.41. The van der Waals surface area contributed by atoms with Gasteiger partial charge in [-0.2, -0.15) is 0 Å². The van der Waals surface area contributed by atoms with Gasteiger partial charge in [0.2, 0.25) is 0 Å². The molecule has 0 spiro atoms. The number of hydrogen-bond acceptors (Lipinski definition) is 4. The Hall–Kier alpha value is -3.24. The molecule has 0 saturated carbocycles. The third kappa shape index (κ3) is 5.13. The average Bonchev–Trinajstić information content (AvgIpc) is 2.82. The largest absolute Gasteiger partial charge is 0.497 e. The van der Waals surface area contributed by atoms with Crippen LogP contribution in [0.2, 0.25) is 0 Å². The molecule has 0 amide bonds. The quantitative estimate of drug-likeness (QED) is 0.403. The molecule has 3 aromatic rings. The van der Waals surface area contributed by atoms with Gasteiger partial charge < -0.3 is 19.1 Å². The van der Waals surface area contributed by atoms with Crippen molar-refractivity contribution >= 4 is 11.1 Å². The van der Waals surface area contributed by atoms with Crippen LogP contribution in [0.3, 0.4) is 0 Å². The van der Waals surface area contributed by atoms with Crippen LogP contribution in [0, 0.1) is 0 Å². The van der Waals surface area contributed by atoms with Crippen LogP contribution in [0.25, 0.3) is 11.1 Å². The number of methoxy groups -OCH3 is 1. The Morgan fingerprint density at radius 1 is 1.00 bits per heavy atom. The summed E-state index contributed by atoms with van der Waals surface area (Å²) in [7, 11) is 5.84. The van der Waals surface area contributed by atoms with E-state index in [0.29, 0.717) is 12.6 Å². The lowest BCUT2D eigenvalue weighted by molar-refractivity contribution is 0.107. The summed E-state index contributed by atoms with van der Waals surface area (Å²) in [6.45, 7) is 7.06. The van der Waals surface area contributed by atoms with E-state index in [9.17, 15) is 0 Å². The zero-order valence-electron chi connectivity index (χ0n) is 21.1. The smallest absolute Gasteiger partial charge is 0.131 e. The topological polar surface area (TPSA) is 30.9 Å². The van der Waals surface area contributed by atoms with Gasteiger partial charge in [-0.1, -0.05) is 48.5 Å². The summed E-state index contributed by atoms with van der Waals surface area (Å²) in [5.74, 6) is 2.53. The Kier molecular flexibility index (Phi) is 6.99. The molecule has 0 aromatic heterocycles. The number of benzene rings is 3. The Morgan fingerprint density at radius 3 is 2.41 bits per heavy atom. The van der Waals surface area contributed by atoms with Gasteiger partial charge in [0, 0.05) is 29.7 Å². The molecule has 0 aliphatic carbocycles. The van der Waals surface area contributed by atoms with Crippen molar-refractivity contribution in [1.29, 1.82) is 0 Å². The number of rotatable bonds is 7. The monoisotopic (exact) mass is 457 g/mol. The highest BCUT2D eigenvalue weighted by Gasteiger charge is 2.33. The van der Waals surface area contributed by atoms with Gasteiger partial charge in [0.1, 0.15) is 29.5 Å². The van der Waals surface area contributed by atoms with Gasteiger partial charge >= 0.3 is 0 Å². The standard InChI is InChI=1S/C30H35NO3/c1-21(31(4)5)20-33-27-15-11-10-14-25(27)29(22-12-8-7-9-13-22)26-19-30(2,3)34-28-18-23(32-6)16-17-24(26)28/h7-18,21H,19-20H2,1-6H3/b29-26-. The van der Waals surface area contributed by atoms with Gasteiger partial charge in [-0.05, 0) is 69.8 Å². The second kappa shape index (κ2) is 9.94. The van der Waals surface area contributed by atoms with Crippen molar-refractivity contribution in [3.8, 4) is 17.2 Å². The highest BCUT2D eigenvalue weighted by molar-refractivity contribution is 6.01. The second-order valence-corrected chi connectivity index (χ2v) is 9.74. The molecule has 4 heteroatoms. The molecule has 1 heterocycles. The first-order valence-electron chi connectivity index (χ1n) is 11.8. The Labute approximate surface area is 203 Å². The first kappa shape index (κ1) is 23.9. The van der Waals surface area contributed by atoms with Gasteiger partial charge in [-0.3, -0.25) is 0 Å². The third-order valence-corrected chi connectivity index (χ3v) is 6.38. The summed E-state index contributed by atoms with van der Waals surface area (Å²) >= 11 is 0. The van der Waals surface area contributed by atoms with E-state index < -0.39 is 0 Å². The van der Waals surface area contributed by atoms with E-state index in [4.69, 9.17) is 14.2 Å². The van der Waals surface area contributed by atoms with Crippen LogP contribution in [0.1, 0.15) is 43.9 Å². The molecule has 4 rings (SSSR count). The van der Waals surface area contributed by atoms with Crippen molar-refractivity contribution < 1.29 is 14.2 Å². The van der Waals surface area contributed by atoms with Crippen molar-refractivity contribution in [2.24, 2.45) is 0 Å². The number of hydrogen-bond donors (Lipinski definition) is 0. The van der Waals surface area contributed by atoms with E-state index in [0.717, 1.165) is 40.4 Å². The van der Waals surface area contributed by atoms with Gasteiger partial charge in [0.05, 0.1) is 7.11 Å². The molecule has 4 nitrogen and oxygen atoms in total. The zero-order valence-corrected chi connectivity index (χ0v) is 21.1. The summed E-state index contributed by atoms with van der Waals surface area (Å²) in [5, 5.41) is 0. The molecular weight excluding hydrogens is 422 g/mol. The summed E-state index contributed by atoms with van der Waals surface area (Å²) in [6, 6.07) is 25.3. The molecule has 1 aliphatic rings. The van der Waals surface area contributed by atoms with E-state index in [-0.39, 0.29) is 5.60 Å². The van der Waals surface area contributed by atoms with Crippen molar-refractivity contribution in [2.45, 2.75) is 38.8 Å². The molecule has 34 heavy (non-hydrogen) atoms. The maximum Gasteiger partial charge on any atom is 0.131 e. The average molecular weight is 458 g/mol. The van der Waals surface area contributed by atoms with Crippen molar-refractivity contribution in [1.82, 2.24) is 4.90 Å². The van der Waals surface area contributed by atoms with E-state index in [2.05, 4.69) is 94.4 Å². The van der Waals surface area contributed by atoms with Gasteiger partial charge in [-0.15, -0.1) is 0 Å². The number of para-hydroxylation sites is 1. The number of nitrogens with zero attached hydrogens (tertiary/aromatic N) is 1. The Bertz CT molecular complexity index is 1160. The van der Waals surface area contributed by atoms with E-state index >= 15 is 0 Å². The minimum Gasteiger partial charge on any atom is -0.497 e. The number of fused-ring (bicyclic) bond motifs is 1. The molecule has 1 unspecified atom stereocenters. The SMILES string of the molecule is COc1ccc2c(c1)OC(C)(C)C/C2=C(\c1ccccc1)c1ccccc1OCC(C)N(C)C. The molecule has 3 aromatic carbocycles. The summed E-state index contributed by atoms with van der Waals surface area (Å²) in [6.07, 6.45) is 0.777. The number of likely N-dealkylation sites (N-methyl/N-ethyl adjacent to an activating group) is 1. The van der Waals surface area contributed by atoms with Crippen molar-refractivity contribution in [3.63, 3.8) is 0 Å². The Balaban J connectivity index is 1.94. The predicted molar refractivity (Wildman–Crippen MR) is 140 cm³/mol. The third-order valence-electron chi connectivity index (χ3n) is 6.38. The fourth-order valence-corrected chi connectivity index (χ4v) is 4.30. The first-order valence-corrected chi connectivity index (χ1v) is 11.8. The maximum atomic E-state index is 6.40. The molecule has 0 N–H and O–H groups in total. The second-order valence-electron chi connectivity index (χ2n) is 9.74. The Morgan fingerprint density at radius 2 is 1.71 bits per heavy atom. The van der Waals surface area contributed by atoms with Crippen LogP contribution in [-0.4, -0.2) is 44.4 Å². The molecule has 0 radical (unpaired) electrons. The van der Waals surface area contributed by atoms with E-state index in [1.54, 1.807) is 7.11 Å². The molecule has 1 atom stereocenters. The summed E-state index contributed by atoms with van der Waals surface area (Å²) in [4.78, 5) is 2.17. The fraction of sp³-hybridized carbons (Fsp3) is 0.333. The fourth-order valence-electron chi connectivity index (χ4n) is 4.30. The molecule has 1 aliphatic heterocycles. The highest BCUT2D eigenvalue weighted by atomic mass is 16.5. The van der Waals surface area contributed by atoms with Crippen LogP contribution in [0.5, 0.6) is 17.2 Å². The lowest BCUT2D eigenvalue weighted by Gasteiger charge is -2.36. The lowest BCUT2D eigenvalue weighted by atomic mass is 9.81. The number of ether oxygens (including phenoxy) is 3. The minimum absolute atomic E-state index is 0.302. The van der Waals surface area contributed by atoms with Gasteiger partial charge in [0.25, 0.3) is 0 Å². The zero-order chi connectivity index (χ0) is 24.3. The molecule has 178 valence electrons. The van der Waals surface area contributed by atoms with Gasteiger partial charge in [-0.25, -0.2) is 0 Å². The maximum absolute atomic E-state index is 6.40. The van der Waals surface area contributed by atoms with E-state index in [1.165, 1.54) is 11.1 Å². The molecular formula is C30H35NO3. The van der Waals surface area contributed by atoms with Gasteiger partial charge in [0.15, 0.2) is 0 Å². The van der Waals surface area contributed by atoms with Crippen LogP contribution in [0.15, 0.2) is 72.8 Å². The van der Waals surface area contributed by atoms with E-state index in [1.807, 2.05) is 18.2 Å². The van der Waals surface area contributed by atoms with Crippen LogP contribution < -0.4 is 14.2 Å². The normalized spacial score (nSPS) is 16.9. The highest BCUT2D eigenvalue weighted by Crippen LogP contribution is 2.47. The van der Waals surface area contributed by atoms with Crippen molar-refractivity contribution in [2.75, 3.05) is 27.8 Å². The van der Waals surface area contributed by atoms with Crippen LogP contribution >= 0.6 is 0 Å². The molecule has 0 saturated heterocycles. The molecule has 0 bridgehead atoms. The molecule has 0 fully saturated rings. The van der Waals surface area contributed by atoms with Crippen molar-refractivity contribution in [3.05, 3.63) is 89.5 Å². The van der Waals surface area contributed by atoms with Crippen LogP contribution in [0.4, 0.5) is 0 Å². The first-order chi connectivity index (χ1) is 16.3. The van der Waals surface area contributed by atoms with Crippen LogP contribution in [-0.2, 0) is 0 Å². The predicted octanol–water partition coefficient (Wildman–Crippen LogP) is 6.54.